The Morgan fingerprint density at radius 1 is 1.13 bits per heavy atom. The molecule has 0 fully saturated rings. The third kappa shape index (κ3) is 5.17. The first-order valence-electron chi connectivity index (χ1n) is 9.73. The van der Waals surface area contributed by atoms with Crippen molar-refractivity contribution in [3.63, 3.8) is 0 Å². The van der Waals surface area contributed by atoms with Gasteiger partial charge in [-0.15, -0.1) is 0 Å². The van der Waals surface area contributed by atoms with Crippen LogP contribution in [0.15, 0.2) is 54.7 Å². The Bertz CT molecular complexity index is 1050. The predicted octanol–water partition coefficient (Wildman–Crippen LogP) is 5.41. The fourth-order valence-corrected chi connectivity index (χ4v) is 3.37. The number of carbonyl (C=O) groups is 1. The Kier molecular flexibility index (Phi) is 7.08. The Morgan fingerprint density at radius 2 is 1.90 bits per heavy atom. The molecule has 3 rings (SSSR count). The third-order valence-electron chi connectivity index (χ3n) is 4.78. The van der Waals surface area contributed by atoms with Crippen molar-refractivity contribution in [2.75, 3.05) is 27.2 Å². The summed E-state index contributed by atoms with van der Waals surface area (Å²) in [5.74, 6) is -0.446. The monoisotopic (exact) mass is 424 g/mol. The molecule has 2 aromatic carbocycles. The smallest absolute Gasteiger partial charge is 0.337 e. The highest BCUT2D eigenvalue weighted by molar-refractivity contribution is 6.32. The average Bonchev–Trinajstić information content (AvgIpc) is 2.72. The van der Waals surface area contributed by atoms with Gasteiger partial charge in [0.25, 0.3) is 0 Å². The van der Waals surface area contributed by atoms with Gasteiger partial charge in [-0.25, -0.2) is 4.79 Å². The van der Waals surface area contributed by atoms with Gasteiger partial charge in [-0.05, 0) is 56.8 Å². The van der Waals surface area contributed by atoms with Crippen LogP contribution in [-0.4, -0.2) is 48.2 Å². The fraction of sp³-hybridized carbons (Fsp3) is 0.250. The SMILES string of the molecule is Cc1ccccc1-c1ncc(C(=O)O)cc1-c1ccc(Cl)c(OCCCN(C)C)c1. The van der Waals surface area contributed by atoms with Crippen LogP contribution in [0.4, 0.5) is 0 Å². The van der Waals surface area contributed by atoms with Crippen LogP contribution >= 0.6 is 11.6 Å². The van der Waals surface area contributed by atoms with E-state index in [4.69, 9.17) is 16.3 Å². The van der Waals surface area contributed by atoms with E-state index in [2.05, 4.69) is 9.88 Å². The van der Waals surface area contributed by atoms with Crippen LogP contribution in [0.5, 0.6) is 5.75 Å². The summed E-state index contributed by atoms with van der Waals surface area (Å²) in [5, 5.41) is 9.99. The number of nitrogens with zero attached hydrogens (tertiary/aromatic N) is 2. The van der Waals surface area contributed by atoms with Gasteiger partial charge in [0.15, 0.2) is 0 Å². The lowest BCUT2D eigenvalue weighted by Gasteiger charge is -2.15. The minimum atomic E-state index is -1.02. The van der Waals surface area contributed by atoms with E-state index in [0.29, 0.717) is 17.4 Å². The normalized spacial score (nSPS) is 11.0. The van der Waals surface area contributed by atoms with E-state index >= 15 is 0 Å². The lowest BCUT2D eigenvalue weighted by Crippen LogP contribution is -2.15. The Labute approximate surface area is 181 Å². The number of halogens is 1. The van der Waals surface area contributed by atoms with E-state index in [1.54, 1.807) is 12.1 Å². The van der Waals surface area contributed by atoms with Gasteiger partial charge >= 0.3 is 5.97 Å². The zero-order chi connectivity index (χ0) is 21.7. The molecule has 6 heteroatoms. The fourth-order valence-electron chi connectivity index (χ4n) is 3.20. The second kappa shape index (κ2) is 9.74. The summed E-state index contributed by atoms with van der Waals surface area (Å²) >= 11 is 6.34. The lowest BCUT2D eigenvalue weighted by molar-refractivity contribution is 0.0696. The zero-order valence-electron chi connectivity index (χ0n) is 17.4. The molecule has 1 aromatic heterocycles. The molecule has 0 spiro atoms. The number of hydrogen-bond acceptors (Lipinski definition) is 4. The van der Waals surface area contributed by atoms with Crippen LogP contribution in [0.2, 0.25) is 5.02 Å². The first-order chi connectivity index (χ1) is 14.4. The minimum Gasteiger partial charge on any atom is -0.492 e. The summed E-state index contributed by atoms with van der Waals surface area (Å²) in [6.45, 7) is 3.46. The van der Waals surface area contributed by atoms with Gasteiger partial charge in [0, 0.05) is 23.9 Å². The number of aromatic carboxylic acids is 1. The topological polar surface area (TPSA) is 62.7 Å². The number of carboxylic acid groups (broad SMARTS) is 1. The molecule has 3 aromatic rings. The van der Waals surface area contributed by atoms with E-state index in [1.807, 2.05) is 57.4 Å². The van der Waals surface area contributed by atoms with Crippen molar-refractivity contribution in [2.45, 2.75) is 13.3 Å². The van der Waals surface area contributed by atoms with Gasteiger partial charge in [-0.3, -0.25) is 4.98 Å². The highest BCUT2D eigenvalue weighted by Gasteiger charge is 2.16. The van der Waals surface area contributed by atoms with Gasteiger partial charge in [-0.1, -0.05) is 41.9 Å². The third-order valence-corrected chi connectivity index (χ3v) is 5.10. The van der Waals surface area contributed by atoms with Crippen LogP contribution < -0.4 is 4.74 Å². The zero-order valence-corrected chi connectivity index (χ0v) is 18.1. The summed E-state index contributed by atoms with van der Waals surface area (Å²) in [7, 11) is 4.03. The number of aromatic nitrogens is 1. The summed E-state index contributed by atoms with van der Waals surface area (Å²) in [6.07, 6.45) is 2.26. The number of rotatable bonds is 8. The number of benzene rings is 2. The molecule has 0 bridgehead atoms. The second-order valence-corrected chi connectivity index (χ2v) is 7.80. The molecule has 0 radical (unpaired) electrons. The van der Waals surface area contributed by atoms with Crippen LogP contribution in [0, 0.1) is 6.92 Å². The molecule has 156 valence electrons. The largest absolute Gasteiger partial charge is 0.492 e. The number of carboxylic acids is 1. The molecule has 1 heterocycles. The van der Waals surface area contributed by atoms with Crippen molar-refractivity contribution in [3.05, 3.63) is 70.9 Å². The van der Waals surface area contributed by atoms with E-state index in [-0.39, 0.29) is 5.56 Å². The summed E-state index contributed by atoms with van der Waals surface area (Å²) in [4.78, 5) is 18.2. The van der Waals surface area contributed by atoms with Crippen molar-refractivity contribution >= 4 is 17.6 Å². The van der Waals surface area contributed by atoms with E-state index in [1.165, 1.54) is 6.20 Å². The maximum absolute atomic E-state index is 11.6. The van der Waals surface area contributed by atoms with Gasteiger partial charge in [0.05, 0.1) is 22.9 Å². The Balaban J connectivity index is 2.03. The molecular weight excluding hydrogens is 400 g/mol. The number of ether oxygens (including phenoxy) is 1. The average molecular weight is 425 g/mol. The number of aryl methyl sites for hydroxylation is 1. The number of hydrogen-bond donors (Lipinski definition) is 1. The molecule has 0 aliphatic heterocycles. The van der Waals surface area contributed by atoms with E-state index in [9.17, 15) is 9.90 Å². The maximum atomic E-state index is 11.6. The predicted molar refractivity (Wildman–Crippen MR) is 120 cm³/mol. The standard InChI is InChI=1S/C24H25ClN2O3/c1-16-7-4-5-8-19(16)23-20(13-18(15-26-23)24(28)29)17-9-10-21(25)22(14-17)30-12-6-11-27(2)3/h4-5,7-10,13-15H,6,11-12H2,1-3H3,(H,28,29). The first kappa shape index (κ1) is 21.8. The van der Waals surface area contributed by atoms with Crippen LogP contribution in [0.3, 0.4) is 0 Å². The number of pyridine rings is 1. The maximum Gasteiger partial charge on any atom is 0.337 e. The van der Waals surface area contributed by atoms with Crippen molar-refractivity contribution in [1.82, 2.24) is 9.88 Å². The lowest BCUT2D eigenvalue weighted by atomic mass is 9.95. The van der Waals surface area contributed by atoms with Crippen LogP contribution in [0.1, 0.15) is 22.3 Å². The molecule has 0 amide bonds. The highest BCUT2D eigenvalue weighted by atomic mass is 35.5. The molecule has 1 N–H and O–H groups in total. The molecule has 0 saturated carbocycles. The molecule has 0 unspecified atom stereocenters. The van der Waals surface area contributed by atoms with Gasteiger partial charge in [-0.2, -0.15) is 0 Å². The molecule has 0 aliphatic rings. The molecule has 0 atom stereocenters. The molecule has 30 heavy (non-hydrogen) atoms. The summed E-state index contributed by atoms with van der Waals surface area (Å²) in [5.41, 5.74) is 4.39. The van der Waals surface area contributed by atoms with Crippen LogP contribution in [-0.2, 0) is 0 Å². The molecule has 5 nitrogen and oxygen atoms in total. The molecule has 0 aliphatic carbocycles. The Morgan fingerprint density at radius 3 is 2.60 bits per heavy atom. The van der Waals surface area contributed by atoms with Crippen molar-refractivity contribution in [2.24, 2.45) is 0 Å². The summed E-state index contributed by atoms with van der Waals surface area (Å²) < 4.78 is 5.90. The molecule has 0 saturated heterocycles. The molecular formula is C24H25ClN2O3. The summed E-state index contributed by atoms with van der Waals surface area (Å²) in [6, 6.07) is 15.0. The van der Waals surface area contributed by atoms with Gasteiger partial charge in [0.1, 0.15) is 5.75 Å². The Hall–Kier alpha value is -2.89. The first-order valence-corrected chi connectivity index (χ1v) is 10.1. The van der Waals surface area contributed by atoms with Crippen molar-refractivity contribution in [3.8, 4) is 28.1 Å². The second-order valence-electron chi connectivity index (χ2n) is 7.39. The minimum absolute atomic E-state index is 0.130. The van der Waals surface area contributed by atoms with Crippen molar-refractivity contribution in [1.29, 1.82) is 0 Å². The van der Waals surface area contributed by atoms with Crippen LogP contribution in [0.25, 0.3) is 22.4 Å². The highest BCUT2D eigenvalue weighted by Crippen LogP contribution is 2.36. The van der Waals surface area contributed by atoms with E-state index < -0.39 is 5.97 Å². The van der Waals surface area contributed by atoms with Gasteiger partial charge in [0.2, 0.25) is 0 Å². The van der Waals surface area contributed by atoms with E-state index in [0.717, 1.165) is 40.9 Å². The quantitative estimate of drug-likeness (QED) is 0.490. The van der Waals surface area contributed by atoms with Crippen molar-refractivity contribution < 1.29 is 14.6 Å². The van der Waals surface area contributed by atoms with Gasteiger partial charge < -0.3 is 14.7 Å².